The molecule has 1 atom stereocenters. The van der Waals surface area contributed by atoms with E-state index >= 15 is 0 Å². The van der Waals surface area contributed by atoms with Gasteiger partial charge in [0.15, 0.2) is 0 Å². The molecule has 2 heterocycles. The molecule has 4 rings (SSSR count). The number of carbonyl (C=O) groups excluding carboxylic acids is 2. The highest BCUT2D eigenvalue weighted by molar-refractivity contribution is 5.77. The largest absolute Gasteiger partial charge is 0.444 e. The smallest absolute Gasteiger partial charge is 0.416 e. The van der Waals surface area contributed by atoms with Crippen LogP contribution in [-0.4, -0.2) is 59.8 Å². The third-order valence-corrected chi connectivity index (χ3v) is 7.53. The number of carbonyl (C=O) groups is 2. The summed E-state index contributed by atoms with van der Waals surface area (Å²) in [4.78, 5) is 29.2. The Bertz CT molecular complexity index is 1260. The number of likely N-dealkylation sites (tertiary alicyclic amines) is 1. The third-order valence-electron chi connectivity index (χ3n) is 7.53. The van der Waals surface area contributed by atoms with Crippen molar-refractivity contribution < 1.29 is 45.4 Å². The van der Waals surface area contributed by atoms with Crippen molar-refractivity contribution in [1.29, 1.82) is 0 Å². The Labute approximate surface area is 246 Å². The summed E-state index contributed by atoms with van der Waals surface area (Å²) < 4.78 is 91.0. The molecule has 2 aromatic carbocycles. The van der Waals surface area contributed by atoms with Crippen molar-refractivity contribution in [3.63, 3.8) is 0 Å². The predicted octanol–water partition coefficient (Wildman–Crippen LogP) is 6.95. The van der Waals surface area contributed by atoms with E-state index in [0.29, 0.717) is 56.6 Å². The fourth-order valence-corrected chi connectivity index (χ4v) is 5.40. The molecule has 2 aromatic rings. The van der Waals surface area contributed by atoms with E-state index in [2.05, 4.69) is 5.32 Å². The zero-order chi connectivity index (χ0) is 31.6. The molecule has 0 aliphatic carbocycles. The van der Waals surface area contributed by atoms with Gasteiger partial charge in [0.2, 0.25) is 0 Å². The van der Waals surface area contributed by atoms with Gasteiger partial charge in [0, 0.05) is 25.7 Å². The van der Waals surface area contributed by atoms with Crippen LogP contribution in [0.2, 0.25) is 0 Å². The van der Waals surface area contributed by atoms with Gasteiger partial charge in [-0.05, 0) is 69.4 Å². The van der Waals surface area contributed by atoms with Gasteiger partial charge in [0.1, 0.15) is 5.60 Å². The van der Waals surface area contributed by atoms with Crippen molar-refractivity contribution in [2.45, 2.75) is 76.2 Å². The second kappa shape index (κ2) is 12.3. The molecule has 1 unspecified atom stereocenters. The Hall–Kier alpha value is -3.48. The molecule has 2 fully saturated rings. The number of halogens is 6. The van der Waals surface area contributed by atoms with Gasteiger partial charge in [-0.1, -0.05) is 30.3 Å². The van der Waals surface area contributed by atoms with Gasteiger partial charge in [0.05, 0.1) is 29.9 Å². The molecule has 0 spiro atoms. The summed E-state index contributed by atoms with van der Waals surface area (Å²) in [5.74, 6) is 0. The summed E-state index contributed by atoms with van der Waals surface area (Å²) in [7, 11) is 0. The number of alkyl halides is 6. The molecule has 1 N–H and O–H groups in total. The van der Waals surface area contributed by atoms with Crippen LogP contribution in [0.15, 0.2) is 48.5 Å². The molecule has 43 heavy (non-hydrogen) atoms. The zero-order valence-corrected chi connectivity index (χ0v) is 24.1. The number of hydrogen-bond acceptors (Lipinski definition) is 4. The van der Waals surface area contributed by atoms with Gasteiger partial charge in [-0.2, -0.15) is 26.3 Å². The second-order valence-electron chi connectivity index (χ2n) is 11.9. The molecular weight excluding hydrogens is 580 g/mol. The number of rotatable bonds is 6. The number of nitrogens with zero attached hydrogens (tertiary/aromatic N) is 2. The normalized spacial score (nSPS) is 20.6. The first-order valence-electron chi connectivity index (χ1n) is 14.0. The monoisotopic (exact) mass is 615 g/mol. The van der Waals surface area contributed by atoms with E-state index in [1.807, 2.05) is 0 Å². The zero-order valence-electron chi connectivity index (χ0n) is 24.1. The lowest BCUT2D eigenvalue weighted by molar-refractivity contribution is -0.143. The molecule has 0 bridgehead atoms. The number of piperidine rings is 1. The molecule has 2 saturated heterocycles. The van der Waals surface area contributed by atoms with Crippen LogP contribution in [-0.2, 0) is 34.0 Å². The first-order chi connectivity index (χ1) is 20.0. The number of urea groups is 1. The van der Waals surface area contributed by atoms with Crippen LogP contribution < -0.4 is 5.32 Å². The molecule has 2 aliphatic rings. The van der Waals surface area contributed by atoms with Crippen molar-refractivity contribution in [2.24, 2.45) is 0 Å². The van der Waals surface area contributed by atoms with E-state index in [1.54, 1.807) is 60.9 Å². The maximum Gasteiger partial charge on any atom is 0.416 e. The molecule has 7 nitrogen and oxygen atoms in total. The summed E-state index contributed by atoms with van der Waals surface area (Å²) in [6.07, 6.45) is -8.85. The minimum absolute atomic E-state index is 0.0723. The SMILES string of the molecule is CC(C)(C)OC(=O)N1CCC(N2CCC(COCc3cc(C(F)(F)F)cc(C(F)(F)F)c3)(c3ccccc3)NC2=O)CC1. The first kappa shape index (κ1) is 32.4. The lowest BCUT2D eigenvalue weighted by Crippen LogP contribution is -2.63. The van der Waals surface area contributed by atoms with Crippen molar-refractivity contribution in [3.05, 3.63) is 70.8 Å². The number of amides is 3. The fraction of sp³-hybridized carbons (Fsp3) is 0.533. The lowest BCUT2D eigenvalue weighted by atomic mass is 9.85. The van der Waals surface area contributed by atoms with Crippen LogP contribution in [0, 0.1) is 0 Å². The van der Waals surface area contributed by atoms with E-state index in [-0.39, 0.29) is 30.3 Å². The highest BCUT2D eigenvalue weighted by atomic mass is 19.4. The Kier molecular flexibility index (Phi) is 9.24. The second-order valence-corrected chi connectivity index (χ2v) is 11.9. The number of ether oxygens (including phenoxy) is 2. The highest BCUT2D eigenvalue weighted by Gasteiger charge is 2.43. The Balaban J connectivity index is 1.45. The van der Waals surface area contributed by atoms with Crippen molar-refractivity contribution >= 4 is 12.1 Å². The van der Waals surface area contributed by atoms with Crippen LogP contribution >= 0.6 is 0 Å². The van der Waals surface area contributed by atoms with Gasteiger partial charge < -0.3 is 24.6 Å². The Morgan fingerprint density at radius 1 is 0.930 bits per heavy atom. The van der Waals surface area contributed by atoms with Crippen molar-refractivity contribution in [3.8, 4) is 0 Å². The minimum Gasteiger partial charge on any atom is -0.444 e. The maximum atomic E-state index is 13.4. The van der Waals surface area contributed by atoms with Gasteiger partial charge in [-0.25, -0.2) is 9.59 Å². The predicted molar refractivity (Wildman–Crippen MR) is 145 cm³/mol. The molecule has 13 heteroatoms. The molecule has 2 aliphatic heterocycles. The van der Waals surface area contributed by atoms with Crippen LogP contribution in [0.4, 0.5) is 35.9 Å². The van der Waals surface area contributed by atoms with Crippen LogP contribution in [0.3, 0.4) is 0 Å². The lowest BCUT2D eigenvalue weighted by Gasteiger charge is -2.46. The molecule has 0 aromatic heterocycles. The number of hydrogen-bond donors (Lipinski definition) is 1. The van der Waals surface area contributed by atoms with Crippen LogP contribution in [0.1, 0.15) is 62.3 Å². The number of nitrogens with one attached hydrogen (secondary N) is 1. The summed E-state index contributed by atoms with van der Waals surface area (Å²) in [6.45, 7) is 5.85. The minimum atomic E-state index is -4.97. The van der Waals surface area contributed by atoms with Crippen molar-refractivity contribution in [2.75, 3.05) is 26.2 Å². The molecule has 3 amide bonds. The highest BCUT2D eigenvalue weighted by Crippen LogP contribution is 2.37. The molecule has 0 saturated carbocycles. The van der Waals surface area contributed by atoms with E-state index in [9.17, 15) is 35.9 Å². The average molecular weight is 616 g/mol. The first-order valence-corrected chi connectivity index (χ1v) is 14.0. The van der Waals surface area contributed by atoms with E-state index in [4.69, 9.17) is 9.47 Å². The maximum absolute atomic E-state index is 13.4. The Morgan fingerprint density at radius 2 is 1.51 bits per heavy atom. The number of benzene rings is 2. The topological polar surface area (TPSA) is 71.1 Å². The summed E-state index contributed by atoms with van der Waals surface area (Å²) >= 11 is 0. The van der Waals surface area contributed by atoms with Crippen LogP contribution in [0.5, 0.6) is 0 Å². The molecular formula is C30H35F6N3O4. The van der Waals surface area contributed by atoms with Gasteiger partial charge in [0.25, 0.3) is 0 Å². The quantitative estimate of drug-likeness (QED) is 0.357. The summed E-state index contributed by atoms with van der Waals surface area (Å²) in [5.41, 5.74) is -4.10. The van der Waals surface area contributed by atoms with E-state index < -0.39 is 47.3 Å². The fourth-order valence-electron chi connectivity index (χ4n) is 5.40. The molecule has 0 radical (unpaired) electrons. The standard InChI is InChI=1S/C30H35F6N3O4/c1-27(2,3)43-26(41)38-12-9-24(10-13-38)39-14-11-28(37-25(39)40,21-7-5-4-6-8-21)19-42-18-20-15-22(29(31,32)33)17-23(16-20)30(34,35)36/h4-8,15-17,24H,9-14,18-19H2,1-3H3,(H,37,40). The van der Waals surface area contributed by atoms with E-state index in [0.717, 1.165) is 0 Å². The average Bonchev–Trinajstić information content (AvgIpc) is 2.92. The van der Waals surface area contributed by atoms with Gasteiger partial charge in [-0.15, -0.1) is 0 Å². The van der Waals surface area contributed by atoms with Gasteiger partial charge in [-0.3, -0.25) is 0 Å². The summed E-state index contributed by atoms with van der Waals surface area (Å²) in [5, 5.41) is 3.01. The Morgan fingerprint density at radius 3 is 2.02 bits per heavy atom. The van der Waals surface area contributed by atoms with E-state index in [1.165, 1.54) is 0 Å². The molecule has 236 valence electrons. The third kappa shape index (κ3) is 8.12. The van der Waals surface area contributed by atoms with Gasteiger partial charge >= 0.3 is 24.5 Å². The van der Waals surface area contributed by atoms with Crippen LogP contribution in [0.25, 0.3) is 0 Å². The summed E-state index contributed by atoms with van der Waals surface area (Å²) in [6, 6.07) is 9.74. The van der Waals surface area contributed by atoms with Crippen molar-refractivity contribution in [1.82, 2.24) is 15.1 Å².